The van der Waals surface area contributed by atoms with Crippen LogP contribution in [0.25, 0.3) is 10.8 Å². The summed E-state index contributed by atoms with van der Waals surface area (Å²) in [6, 6.07) is 6.29. The first kappa shape index (κ1) is 19.6. The van der Waals surface area contributed by atoms with Crippen LogP contribution in [0.4, 0.5) is 0 Å². The lowest BCUT2D eigenvalue weighted by molar-refractivity contribution is -0.255. The van der Waals surface area contributed by atoms with Crippen LogP contribution in [0.1, 0.15) is 38.2 Å². The summed E-state index contributed by atoms with van der Waals surface area (Å²) in [6.45, 7) is 8.86. The highest BCUT2D eigenvalue weighted by Crippen LogP contribution is 2.13. The second kappa shape index (κ2) is 8.12. The van der Waals surface area contributed by atoms with E-state index >= 15 is 0 Å². The Morgan fingerprint density at radius 3 is 2.12 bits per heavy atom. The van der Waals surface area contributed by atoms with Crippen molar-refractivity contribution in [3.8, 4) is 0 Å². The van der Waals surface area contributed by atoms with Crippen LogP contribution in [0.3, 0.4) is 0 Å². The van der Waals surface area contributed by atoms with Gasteiger partial charge in [0.1, 0.15) is 12.2 Å². The maximum absolute atomic E-state index is 12.7. The molecule has 2 rings (SSSR count). The van der Waals surface area contributed by atoms with Crippen molar-refractivity contribution in [2.75, 3.05) is 13.1 Å². The standard InChI is InChI=1S/C19H25N3O4/c1-12(2)9-21(10-13(3)4)16(23)11-22-18(24)15-8-6-5-7-14(15)17(20-22)19(25)26/h5-8,12-13H,9-11H2,1-4H3,(H,25,26)/p-1. The van der Waals surface area contributed by atoms with Gasteiger partial charge in [-0.25, -0.2) is 4.68 Å². The van der Waals surface area contributed by atoms with E-state index in [-0.39, 0.29) is 40.8 Å². The Morgan fingerprint density at radius 1 is 1.08 bits per heavy atom. The summed E-state index contributed by atoms with van der Waals surface area (Å²) in [4.78, 5) is 38.4. The molecule has 1 heterocycles. The minimum atomic E-state index is -1.48. The van der Waals surface area contributed by atoms with Gasteiger partial charge in [0, 0.05) is 18.5 Å². The van der Waals surface area contributed by atoms with Gasteiger partial charge in [-0.15, -0.1) is 0 Å². The molecule has 1 aromatic heterocycles. The number of carboxylic acids is 1. The van der Waals surface area contributed by atoms with Crippen molar-refractivity contribution in [3.05, 3.63) is 40.3 Å². The van der Waals surface area contributed by atoms with Gasteiger partial charge in [0.2, 0.25) is 5.91 Å². The molecule has 7 nitrogen and oxygen atoms in total. The highest BCUT2D eigenvalue weighted by Gasteiger charge is 2.19. The Morgan fingerprint density at radius 2 is 1.62 bits per heavy atom. The van der Waals surface area contributed by atoms with Crippen molar-refractivity contribution in [3.63, 3.8) is 0 Å². The number of benzene rings is 1. The summed E-state index contributed by atoms with van der Waals surface area (Å²) in [6.07, 6.45) is 0. The maximum atomic E-state index is 12.7. The number of aromatic carboxylic acids is 1. The monoisotopic (exact) mass is 358 g/mol. The van der Waals surface area contributed by atoms with Gasteiger partial charge in [-0.1, -0.05) is 45.9 Å². The molecule has 0 aliphatic carbocycles. The summed E-state index contributed by atoms with van der Waals surface area (Å²) >= 11 is 0. The number of rotatable bonds is 7. The Kier molecular flexibility index (Phi) is 6.13. The predicted octanol–water partition coefficient (Wildman–Crippen LogP) is 0.901. The van der Waals surface area contributed by atoms with E-state index in [0.29, 0.717) is 13.1 Å². The van der Waals surface area contributed by atoms with Crippen LogP contribution in [0.2, 0.25) is 0 Å². The highest BCUT2D eigenvalue weighted by atomic mass is 16.4. The van der Waals surface area contributed by atoms with Crippen LogP contribution in [-0.2, 0) is 11.3 Å². The first-order valence-electron chi connectivity index (χ1n) is 8.69. The first-order valence-corrected chi connectivity index (χ1v) is 8.69. The zero-order valence-corrected chi connectivity index (χ0v) is 15.6. The van der Waals surface area contributed by atoms with Crippen LogP contribution in [-0.4, -0.2) is 39.6 Å². The number of hydrogen-bond donors (Lipinski definition) is 0. The number of fused-ring (bicyclic) bond motifs is 1. The lowest BCUT2D eigenvalue weighted by Crippen LogP contribution is -2.41. The second-order valence-corrected chi connectivity index (χ2v) is 7.23. The van der Waals surface area contributed by atoms with Gasteiger partial charge < -0.3 is 14.8 Å². The van der Waals surface area contributed by atoms with E-state index in [1.807, 2.05) is 27.7 Å². The molecule has 0 bridgehead atoms. The van der Waals surface area contributed by atoms with E-state index < -0.39 is 11.5 Å². The Labute approximate surface area is 152 Å². The molecule has 7 heteroatoms. The van der Waals surface area contributed by atoms with Gasteiger partial charge in [0.15, 0.2) is 0 Å². The van der Waals surface area contributed by atoms with E-state index in [1.165, 1.54) is 12.1 Å². The molecule has 26 heavy (non-hydrogen) atoms. The smallest absolute Gasteiger partial charge is 0.275 e. The number of hydrogen-bond acceptors (Lipinski definition) is 5. The minimum Gasteiger partial charge on any atom is -0.543 e. The molecule has 0 fully saturated rings. The third-order valence-corrected chi connectivity index (χ3v) is 3.87. The van der Waals surface area contributed by atoms with Gasteiger partial charge >= 0.3 is 0 Å². The molecule has 0 saturated heterocycles. The van der Waals surface area contributed by atoms with Crippen molar-refractivity contribution in [2.45, 2.75) is 34.2 Å². The molecule has 2 aromatic rings. The summed E-state index contributed by atoms with van der Waals surface area (Å²) in [5.74, 6) is -1.19. The normalized spacial score (nSPS) is 11.3. The van der Waals surface area contributed by atoms with Gasteiger partial charge in [-0.2, -0.15) is 5.10 Å². The Balaban J connectivity index is 2.43. The van der Waals surface area contributed by atoms with Crippen molar-refractivity contribution < 1.29 is 14.7 Å². The summed E-state index contributed by atoms with van der Waals surface area (Å²) < 4.78 is 0.920. The minimum absolute atomic E-state index is 0.203. The molecule has 1 amide bonds. The van der Waals surface area contributed by atoms with Crippen LogP contribution >= 0.6 is 0 Å². The molecule has 0 N–H and O–H groups in total. The topological polar surface area (TPSA) is 95.3 Å². The summed E-state index contributed by atoms with van der Waals surface area (Å²) in [5.41, 5.74) is -0.833. The van der Waals surface area contributed by atoms with Gasteiger partial charge in [-0.05, 0) is 17.9 Å². The molecule has 1 aromatic carbocycles. The SMILES string of the molecule is CC(C)CN(CC(C)C)C(=O)Cn1nc(C(=O)[O-])c2ccccc2c1=O. The fraction of sp³-hybridized carbons (Fsp3) is 0.474. The third kappa shape index (κ3) is 4.47. The van der Waals surface area contributed by atoms with E-state index in [9.17, 15) is 19.5 Å². The van der Waals surface area contributed by atoms with Crippen LogP contribution < -0.4 is 10.7 Å². The zero-order valence-electron chi connectivity index (χ0n) is 15.6. The quantitative estimate of drug-likeness (QED) is 0.733. The van der Waals surface area contributed by atoms with Crippen molar-refractivity contribution in [1.29, 1.82) is 0 Å². The average Bonchev–Trinajstić information content (AvgIpc) is 2.55. The second-order valence-electron chi connectivity index (χ2n) is 7.23. The molecule has 0 atom stereocenters. The molecule has 0 radical (unpaired) electrons. The van der Waals surface area contributed by atoms with Crippen LogP contribution in [0.5, 0.6) is 0 Å². The summed E-state index contributed by atoms with van der Waals surface area (Å²) in [5, 5.41) is 15.7. The van der Waals surface area contributed by atoms with Crippen molar-refractivity contribution in [1.82, 2.24) is 14.7 Å². The number of nitrogens with zero attached hydrogens (tertiary/aromatic N) is 3. The molecule has 0 spiro atoms. The molecular weight excluding hydrogens is 334 g/mol. The van der Waals surface area contributed by atoms with E-state index in [2.05, 4.69) is 5.10 Å². The van der Waals surface area contributed by atoms with Crippen LogP contribution in [0, 0.1) is 11.8 Å². The molecule has 0 aliphatic heterocycles. The Bertz CT molecular complexity index is 861. The van der Waals surface area contributed by atoms with Crippen LogP contribution in [0.15, 0.2) is 29.1 Å². The number of carboxylic acid groups (broad SMARTS) is 1. The lowest BCUT2D eigenvalue weighted by Gasteiger charge is -2.26. The number of amides is 1. The van der Waals surface area contributed by atoms with E-state index in [4.69, 9.17) is 0 Å². The molecular formula is C19H24N3O4-. The summed E-state index contributed by atoms with van der Waals surface area (Å²) in [7, 11) is 0. The lowest BCUT2D eigenvalue weighted by atomic mass is 10.1. The maximum Gasteiger partial charge on any atom is 0.275 e. The molecule has 0 saturated carbocycles. The predicted molar refractivity (Wildman–Crippen MR) is 96.6 cm³/mol. The largest absolute Gasteiger partial charge is 0.543 e. The number of carbonyl (C=O) groups excluding carboxylic acids is 2. The fourth-order valence-electron chi connectivity index (χ4n) is 2.88. The zero-order chi connectivity index (χ0) is 19.4. The average molecular weight is 358 g/mol. The fourth-order valence-corrected chi connectivity index (χ4v) is 2.88. The Hall–Kier alpha value is -2.70. The van der Waals surface area contributed by atoms with Crippen molar-refractivity contribution >= 4 is 22.6 Å². The molecule has 140 valence electrons. The van der Waals surface area contributed by atoms with Gasteiger partial charge in [0.25, 0.3) is 5.56 Å². The van der Waals surface area contributed by atoms with E-state index in [1.54, 1.807) is 17.0 Å². The van der Waals surface area contributed by atoms with Crippen molar-refractivity contribution in [2.24, 2.45) is 11.8 Å². The number of aromatic nitrogens is 2. The van der Waals surface area contributed by atoms with E-state index in [0.717, 1.165) is 4.68 Å². The first-order chi connectivity index (χ1) is 12.2. The number of carbonyl (C=O) groups is 2. The molecule has 0 unspecified atom stereocenters. The highest BCUT2D eigenvalue weighted by molar-refractivity contribution is 6.00. The third-order valence-electron chi connectivity index (χ3n) is 3.87. The van der Waals surface area contributed by atoms with Gasteiger partial charge in [-0.3, -0.25) is 9.59 Å². The molecule has 0 aliphatic rings. The van der Waals surface area contributed by atoms with Gasteiger partial charge in [0.05, 0.1) is 11.4 Å².